The molecule has 0 atom stereocenters. The molecule has 2 rings (SSSR count). The summed E-state index contributed by atoms with van der Waals surface area (Å²) in [5.41, 5.74) is 2.96. The highest BCUT2D eigenvalue weighted by Crippen LogP contribution is 2.21. The van der Waals surface area contributed by atoms with Gasteiger partial charge < -0.3 is 10.6 Å². The molecule has 0 aliphatic rings. The number of rotatable bonds is 7. The zero-order chi connectivity index (χ0) is 20.8. The van der Waals surface area contributed by atoms with E-state index in [0.717, 1.165) is 30.2 Å². The van der Waals surface area contributed by atoms with Crippen molar-refractivity contribution in [2.24, 2.45) is 4.99 Å². The van der Waals surface area contributed by atoms with E-state index in [1.807, 2.05) is 32.0 Å². The summed E-state index contributed by atoms with van der Waals surface area (Å²) in [5.74, 6) is 0.747. The fourth-order valence-electron chi connectivity index (χ4n) is 3.03. The molecule has 0 saturated carbocycles. The minimum absolute atomic E-state index is 0.0365. The van der Waals surface area contributed by atoms with E-state index in [0.29, 0.717) is 11.4 Å². The Hall–Kier alpha value is -2.34. The van der Waals surface area contributed by atoms with Gasteiger partial charge in [-0.1, -0.05) is 56.3 Å². The van der Waals surface area contributed by atoms with Crippen molar-refractivity contribution < 1.29 is 8.42 Å². The van der Waals surface area contributed by atoms with Crippen molar-refractivity contribution in [1.29, 1.82) is 0 Å². The number of hydrogen-bond donors (Lipinski definition) is 2. The van der Waals surface area contributed by atoms with Crippen molar-refractivity contribution in [3.63, 3.8) is 0 Å². The van der Waals surface area contributed by atoms with Crippen LogP contribution >= 0.6 is 0 Å². The van der Waals surface area contributed by atoms with Crippen molar-refractivity contribution >= 4 is 15.8 Å². The smallest absolute Gasteiger partial charge is 0.191 e. The van der Waals surface area contributed by atoms with Gasteiger partial charge in [-0.3, -0.25) is 0 Å². The van der Waals surface area contributed by atoms with Crippen LogP contribution in [0.2, 0.25) is 0 Å². The average molecular weight is 402 g/mol. The molecule has 2 N–H and O–H groups in total. The fourth-order valence-corrected chi connectivity index (χ4v) is 3.99. The van der Waals surface area contributed by atoms with E-state index in [9.17, 15) is 8.42 Å². The molecule has 0 fully saturated rings. The molecule has 0 aliphatic carbocycles. The fraction of sp³-hybridized carbons (Fsp3) is 0.409. The van der Waals surface area contributed by atoms with Gasteiger partial charge in [0.2, 0.25) is 0 Å². The van der Waals surface area contributed by atoms with Crippen LogP contribution in [0.1, 0.15) is 37.5 Å². The standard InChI is InChI=1S/C22H31N3O2S/c1-6-23-21(25-16-22(3,4)19-10-8-7-9-11-19)24-15-18-12-13-20(17(2)14-18)28(5,26)27/h7-14H,6,15-16H2,1-5H3,(H2,23,24,25). The molecule has 0 aliphatic heterocycles. The molecular formula is C22H31N3O2S. The molecule has 0 aromatic heterocycles. The number of guanidine groups is 1. The highest BCUT2D eigenvalue weighted by Gasteiger charge is 2.20. The van der Waals surface area contributed by atoms with Gasteiger partial charge in [-0.25, -0.2) is 13.4 Å². The third-order valence-corrected chi connectivity index (χ3v) is 5.91. The highest BCUT2D eigenvalue weighted by atomic mass is 32.2. The lowest BCUT2D eigenvalue weighted by Crippen LogP contribution is -2.43. The number of benzene rings is 2. The van der Waals surface area contributed by atoms with Gasteiger partial charge in [0.15, 0.2) is 15.8 Å². The number of hydrogen-bond acceptors (Lipinski definition) is 3. The van der Waals surface area contributed by atoms with E-state index >= 15 is 0 Å². The van der Waals surface area contributed by atoms with Crippen molar-refractivity contribution in [3.8, 4) is 0 Å². The largest absolute Gasteiger partial charge is 0.357 e. The molecule has 2 aromatic rings. The second kappa shape index (κ2) is 9.24. The van der Waals surface area contributed by atoms with Crippen LogP contribution in [0, 0.1) is 6.92 Å². The number of aliphatic imine (C=N–C) groups is 1. The number of nitrogens with one attached hydrogen (secondary N) is 2. The molecular weight excluding hydrogens is 370 g/mol. The van der Waals surface area contributed by atoms with Crippen molar-refractivity contribution in [2.75, 3.05) is 19.3 Å². The van der Waals surface area contributed by atoms with E-state index in [4.69, 9.17) is 0 Å². The molecule has 0 amide bonds. The number of nitrogens with zero attached hydrogens (tertiary/aromatic N) is 1. The van der Waals surface area contributed by atoms with Crippen LogP contribution in [0.4, 0.5) is 0 Å². The van der Waals surface area contributed by atoms with Crippen LogP contribution in [0.25, 0.3) is 0 Å². The second-order valence-corrected chi connectivity index (χ2v) is 9.65. The van der Waals surface area contributed by atoms with Crippen molar-refractivity contribution in [2.45, 2.75) is 44.6 Å². The first-order valence-electron chi connectivity index (χ1n) is 9.51. The monoisotopic (exact) mass is 401 g/mol. The van der Waals surface area contributed by atoms with Gasteiger partial charge in [-0.2, -0.15) is 0 Å². The zero-order valence-corrected chi connectivity index (χ0v) is 18.2. The van der Waals surface area contributed by atoms with E-state index in [-0.39, 0.29) is 5.41 Å². The molecule has 2 aromatic carbocycles. The summed E-state index contributed by atoms with van der Waals surface area (Å²) in [4.78, 5) is 5.03. The Labute approximate surface area is 169 Å². The lowest BCUT2D eigenvalue weighted by atomic mass is 9.85. The summed E-state index contributed by atoms with van der Waals surface area (Å²) in [7, 11) is -3.20. The topological polar surface area (TPSA) is 70.6 Å². The average Bonchev–Trinajstić information content (AvgIpc) is 2.64. The molecule has 0 bridgehead atoms. The summed E-state index contributed by atoms with van der Waals surface area (Å²) < 4.78 is 23.5. The third kappa shape index (κ3) is 6.09. The van der Waals surface area contributed by atoms with Gasteiger partial charge in [0.05, 0.1) is 11.4 Å². The molecule has 6 heteroatoms. The van der Waals surface area contributed by atoms with Gasteiger partial charge in [-0.05, 0) is 36.6 Å². The maximum absolute atomic E-state index is 11.8. The lowest BCUT2D eigenvalue weighted by molar-refractivity contribution is 0.508. The SMILES string of the molecule is CCNC(=NCc1ccc(S(C)(=O)=O)c(C)c1)NCC(C)(C)c1ccccc1. The van der Waals surface area contributed by atoms with E-state index in [1.54, 1.807) is 6.07 Å². The first kappa shape index (κ1) is 22.0. The molecule has 0 saturated heterocycles. The van der Waals surface area contributed by atoms with E-state index in [1.165, 1.54) is 11.8 Å². The van der Waals surface area contributed by atoms with Crippen LogP contribution in [0.5, 0.6) is 0 Å². The summed E-state index contributed by atoms with van der Waals surface area (Å²) >= 11 is 0. The molecule has 28 heavy (non-hydrogen) atoms. The van der Waals surface area contributed by atoms with Crippen LogP contribution in [-0.4, -0.2) is 33.7 Å². The molecule has 5 nitrogen and oxygen atoms in total. The summed E-state index contributed by atoms with van der Waals surface area (Å²) in [5, 5.41) is 6.69. The summed E-state index contributed by atoms with van der Waals surface area (Å²) in [6, 6.07) is 15.8. The third-order valence-electron chi connectivity index (χ3n) is 4.66. The Morgan fingerprint density at radius 1 is 1.07 bits per heavy atom. The molecule has 0 unspecified atom stereocenters. The Balaban J connectivity index is 2.09. The summed E-state index contributed by atoms with van der Waals surface area (Å²) in [6.07, 6.45) is 1.23. The minimum atomic E-state index is -3.20. The highest BCUT2D eigenvalue weighted by molar-refractivity contribution is 7.90. The zero-order valence-electron chi connectivity index (χ0n) is 17.4. The number of aryl methyl sites for hydroxylation is 1. The van der Waals surface area contributed by atoms with Crippen LogP contribution < -0.4 is 10.6 Å². The maximum Gasteiger partial charge on any atom is 0.191 e. The van der Waals surface area contributed by atoms with Gasteiger partial charge in [-0.15, -0.1) is 0 Å². The Bertz CT molecular complexity index is 920. The minimum Gasteiger partial charge on any atom is -0.357 e. The predicted octanol–water partition coefficient (Wildman–Crippen LogP) is 3.43. The second-order valence-electron chi connectivity index (χ2n) is 7.67. The maximum atomic E-state index is 11.8. The first-order valence-corrected chi connectivity index (χ1v) is 11.4. The molecule has 0 spiro atoms. The Morgan fingerprint density at radius 2 is 1.75 bits per heavy atom. The van der Waals surface area contributed by atoms with Gasteiger partial charge in [0.1, 0.15) is 0 Å². The Morgan fingerprint density at radius 3 is 2.32 bits per heavy atom. The molecule has 0 heterocycles. The van der Waals surface area contributed by atoms with Gasteiger partial charge in [0, 0.05) is 24.8 Å². The number of sulfone groups is 1. The first-order chi connectivity index (χ1) is 13.1. The van der Waals surface area contributed by atoms with E-state index < -0.39 is 9.84 Å². The van der Waals surface area contributed by atoms with Crippen LogP contribution in [0.3, 0.4) is 0 Å². The van der Waals surface area contributed by atoms with E-state index in [2.05, 4.69) is 53.7 Å². The van der Waals surface area contributed by atoms with Gasteiger partial charge in [0.25, 0.3) is 0 Å². The Kier molecular flexibility index (Phi) is 7.24. The predicted molar refractivity (Wildman–Crippen MR) is 117 cm³/mol. The quantitative estimate of drug-likeness (QED) is 0.551. The molecule has 0 radical (unpaired) electrons. The van der Waals surface area contributed by atoms with Gasteiger partial charge >= 0.3 is 0 Å². The molecule has 152 valence electrons. The lowest BCUT2D eigenvalue weighted by Gasteiger charge is -2.26. The van der Waals surface area contributed by atoms with Crippen molar-refractivity contribution in [1.82, 2.24) is 10.6 Å². The normalized spacial score (nSPS) is 12.7. The van der Waals surface area contributed by atoms with Crippen molar-refractivity contribution in [3.05, 3.63) is 65.2 Å². The summed E-state index contributed by atoms with van der Waals surface area (Å²) in [6.45, 7) is 10.2. The van der Waals surface area contributed by atoms with Crippen LogP contribution in [0.15, 0.2) is 58.4 Å². The van der Waals surface area contributed by atoms with Crippen LogP contribution in [-0.2, 0) is 21.8 Å².